The Morgan fingerprint density at radius 2 is 1.80 bits per heavy atom. The van der Waals surface area contributed by atoms with Gasteiger partial charge in [-0.1, -0.05) is 44.2 Å². The van der Waals surface area contributed by atoms with Gasteiger partial charge in [-0.3, -0.25) is 9.82 Å². The second-order valence-corrected chi connectivity index (χ2v) is 10.6. The van der Waals surface area contributed by atoms with Gasteiger partial charge in [0, 0.05) is 22.8 Å². The highest BCUT2D eigenvalue weighted by Crippen LogP contribution is 2.27. The van der Waals surface area contributed by atoms with Crippen LogP contribution < -0.4 is 9.46 Å². The van der Waals surface area contributed by atoms with E-state index in [0.717, 1.165) is 35.2 Å². The summed E-state index contributed by atoms with van der Waals surface area (Å²) in [6.07, 6.45) is 1.41. The van der Waals surface area contributed by atoms with Gasteiger partial charge in [0.2, 0.25) is 0 Å². The van der Waals surface area contributed by atoms with Crippen molar-refractivity contribution in [2.24, 2.45) is 0 Å². The topological polar surface area (TPSA) is 104 Å². The van der Waals surface area contributed by atoms with Gasteiger partial charge in [0.25, 0.3) is 10.0 Å². The first-order chi connectivity index (χ1) is 16.8. The molecule has 0 aliphatic carbocycles. The molecule has 3 aromatic carbocycles. The van der Waals surface area contributed by atoms with Crippen molar-refractivity contribution in [2.45, 2.75) is 50.0 Å². The molecule has 4 aromatic rings. The number of aliphatic hydroxyl groups excluding tert-OH is 1. The summed E-state index contributed by atoms with van der Waals surface area (Å²) in [5.74, 6) is 1.15. The van der Waals surface area contributed by atoms with Crippen LogP contribution in [0.3, 0.4) is 0 Å². The van der Waals surface area contributed by atoms with Crippen molar-refractivity contribution < 1.29 is 18.3 Å². The van der Waals surface area contributed by atoms with Gasteiger partial charge in [-0.15, -0.1) is 0 Å². The summed E-state index contributed by atoms with van der Waals surface area (Å²) in [6.45, 7) is 4.80. The molecule has 0 spiro atoms. The van der Waals surface area contributed by atoms with E-state index < -0.39 is 16.1 Å². The van der Waals surface area contributed by atoms with Crippen molar-refractivity contribution in [3.05, 3.63) is 84.1 Å². The van der Waals surface area contributed by atoms with Crippen molar-refractivity contribution in [1.82, 2.24) is 10.2 Å². The van der Waals surface area contributed by atoms with Crippen molar-refractivity contribution in [1.29, 1.82) is 0 Å². The van der Waals surface area contributed by atoms with Gasteiger partial charge >= 0.3 is 0 Å². The minimum absolute atomic E-state index is 0.192. The lowest BCUT2D eigenvalue weighted by Crippen LogP contribution is -2.13. The fourth-order valence-electron chi connectivity index (χ4n) is 3.96. The fourth-order valence-corrected chi connectivity index (χ4v) is 5.03. The quantitative estimate of drug-likeness (QED) is 0.230. The molecule has 4 rings (SSSR count). The highest BCUT2D eigenvalue weighted by Gasteiger charge is 2.15. The molecule has 184 valence electrons. The molecule has 35 heavy (non-hydrogen) atoms. The van der Waals surface area contributed by atoms with Crippen LogP contribution in [0.5, 0.6) is 5.75 Å². The molecule has 1 heterocycles. The molecule has 8 heteroatoms. The Balaban J connectivity index is 1.26. The molecular formula is C27H31N3O4S. The van der Waals surface area contributed by atoms with Crippen molar-refractivity contribution in [3.8, 4) is 5.75 Å². The second-order valence-electron chi connectivity index (χ2n) is 8.87. The Morgan fingerprint density at radius 1 is 1.00 bits per heavy atom. The fraction of sp³-hybridized carbons (Fsp3) is 0.296. The number of nitrogens with one attached hydrogen (secondary N) is 2. The number of nitrogens with zero attached hydrogens (tertiary/aromatic N) is 1. The standard InChI is InChI=1S/C27H31N3O4S/c1-19(2)27-24-15-14-22(18-25(24)28-29-27)34-16-7-6-13-26(31)20-9-8-10-21(17-20)30-35(32,33)23-11-4-3-5-12-23/h3-5,8-12,14-15,17-19,26,30-31H,6-7,13,16H2,1-2H3,(H,28,29)/t26-/m0/s1. The Morgan fingerprint density at radius 3 is 2.57 bits per heavy atom. The second kappa shape index (κ2) is 10.9. The minimum Gasteiger partial charge on any atom is -0.494 e. The Kier molecular flexibility index (Phi) is 7.73. The van der Waals surface area contributed by atoms with E-state index in [-0.39, 0.29) is 4.90 Å². The summed E-state index contributed by atoms with van der Waals surface area (Å²) in [4.78, 5) is 0.192. The van der Waals surface area contributed by atoms with E-state index in [1.165, 1.54) is 0 Å². The molecule has 0 fully saturated rings. The van der Waals surface area contributed by atoms with Gasteiger partial charge in [0.1, 0.15) is 5.75 Å². The summed E-state index contributed by atoms with van der Waals surface area (Å²) in [5, 5.41) is 19.2. The third kappa shape index (κ3) is 6.21. The molecule has 0 amide bonds. The van der Waals surface area contributed by atoms with Gasteiger partial charge in [-0.05, 0) is 67.1 Å². The summed E-state index contributed by atoms with van der Waals surface area (Å²) in [7, 11) is -3.68. The van der Waals surface area contributed by atoms with Crippen LogP contribution in [0.4, 0.5) is 5.69 Å². The van der Waals surface area contributed by atoms with Crippen LogP contribution in [-0.4, -0.2) is 30.3 Å². The molecule has 3 N–H and O–H groups in total. The lowest BCUT2D eigenvalue weighted by molar-refractivity contribution is 0.160. The van der Waals surface area contributed by atoms with E-state index in [2.05, 4.69) is 28.8 Å². The average Bonchev–Trinajstić information content (AvgIpc) is 3.28. The molecular weight excluding hydrogens is 462 g/mol. The molecule has 0 radical (unpaired) electrons. The van der Waals surface area contributed by atoms with Crippen LogP contribution in [0.15, 0.2) is 77.7 Å². The van der Waals surface area contributed by atoms with Crippen LogP contribution in [0.2, 0.25) is 0 Å². The van der Waals surface area contributed by atoms with Crippen LogP contribution in [0.25, 0.3) is 10.9 Å². The molecule has 0 bridgehead atoms. The molecule has 1 aromatic heterocycles. The monoisotopic (exact) mass is 493 g/mol. The lowest BCUT2D eigenvalue weighted by atomic mass is 10.0. The van der Waals surface area contributed by atoms with Crippen LogP contribution in [-0.2, 0) is 10.0 Å². The number of hydrogen-bond donors (Lipinski definition) is 3. The minimum atomic E-state index is -3.68. The summed E-state index contributed by atoms with van der Waals surface area (Å²) in [6, 6.07) is 21.0. The van der Waals surface area contributed by atoms with E-state index in [0.29, 0.717) is 30.2 Å². The SMILES string of the molecule is CC(C)c1[nH]nc2cc(OCCCC[C@H](O)c3cccc(NS(=O)(=O)c4ccccc4)c3)ccc12. The number of unbranched alkanes of at least 4 members (excludes halogenated alkanes) is 1. The highest BCUT2D eigenvalue weighted by atomic mass is 32.2. The molecule has 0 aliphatic heterocycles. The van der Waals surface area contributed by atoms with E-state index in [9.17, 15) is 13.5 Å². The number of fused-ring (bicyclic) bond motifs is 1. The largest absolute Gasteiger partial charge is 0.494 e. The number of rotatable bonds is 11. The summed E-state index contributed by atoms with van der Waals surface area (Å²) in [5.41, 5.74) is 3.11. The zero-order valence-corrected chi connectivity index (χ0v) is 20.8. The van der Waals surface area contributed by atoms with Crippen LogP contribution in [0.1, 0.15) is 56.4 Å². The Bertz CT molecular complexity index is 1370. The zero-order chi connectivity index (χ0) is 24.8. The number of benzene rings is 3. The van der Waals surface area contributed by atoms with E-state index in [1.54, 1.807) is 54.6 Å². The maximum Gasteiger partial charge on any atom is 0.261 e. The third-order valence-electron chi connectivity index (χ3n) is 5.85. The number of hydrogen-bond acceptors (Lipinski definition) is 5. The van der Waals surface area contributed by atoms with Crippen LogP contribution >= 0.6 is 0 Å². The number of ether oxygens (including phenoxy) is 1. The Hall–Kier alpha value is -3.36. The zero-order valence-electron chi connectivity index (χ0n) is 19.9. The third-order valence-corrected chi connectivity index (χ3v) is 7.25. The number of sulfonamides is 1. The van der Waals surface area contributed by atoms with Gasteiger partial charge in [0.15, 0.2) is 0 Å². The van der Waals surface area contributed by atoms with Crippen LogP contribution in [0, 0.1) is 0 Å². The normalized spacial score (nSPS) is 12.7. The van der Waals surface area contributed by atoms with Gasteiger partial charge < -0.3 is 9.84 Å². The predicted octanol–water partition coefficient (Wildman–Crippen LogP) is 5.77. The Labute approximate surface area is 206 Å². The number of aromatic nitrogens is 2. The number of anilines is 1. The van der Waals surface area contributed by atoms with Crippen molar-refractivity contribution >= 4 is 26.6 Å². The van der Waals surface area contributed by atoms with E-state index >= 15 is 0 Å². The summed E-state index contributed by atoms with van der Waals surface area (Å²) < 4.78 is 33.6. The molecule has 0 saturated carbocycles. The van der Waals surface area contributed by atoms with Gasteiger partial charge in [-0.2, -0.15) is 5.10 Å². The van der Waals surface area contributed by atoms with E-state index in [1.807, 2.05) is 18.2 Å². The number of aliphatic hydroxyl groups is 1. The van der Waals surface area contributed by atoms with Crippen molar-refractivity contribution in [2.75, 3.05) is 11.3 Å². The van der Waals surface area contributed by atoms with E-state index in [4.69, 9.17) is 4.74 Å². The predicted molar refractivity (Wildman–Crippen MR) is 138 cm³/mol. The first-order valence-electron chi connectivity index (χ1n) is 11.8. The van der Waals surface area contributed by atoms with Gasteiger partial charge in [0.05, 0.1) is 23.1 Å². The number of aromatic amines is 1. The highest BCUT2D eigenvalue weighted by molar-refractivity contribution is 7.92. The molecule has 7 nitrogen and oxygen atoms in total. The average molecular weight is 494 g/mol. The summed E-state index contributed by atoms with van der Waals surface area (Å²) >= 11 is 0. The first kappa shape index (κ1) is 24.8. The molecule has 0 saturated heterocycles. The maximum atomic E-state index is 12.6. The molecule has 0 unspecified atom stereocenters. The molecule has 1 atom stereocenters. The number of H-pyrrole nitrogens is 1. The molecule has 0 aliphatic rings. The van der Waals surface area contributed by atoms with Crippen molar-refractivity contribution in [3.63, 3.8) is 0 Å². The maximum absolute atomic E-state index is 12.6. The first-order valence-corrected chi connectivity index (χ1v) is 13.3. The lowest BCUT2D eigenvalue weighted by Gasteiger charge is -2.14. The smallest absolute Gasteiger partial charge is 0.261 e. The van der Waals surface area contributed by atoms with Gasteiger partial charge in [-0.25, -0.2) is 8.42 Å².